The molecule has 1 aromatic heterocycles. The number of ether oxygens (including phenoxy) is 1. The Morgan fingerprint density at radius 1 is 1.13 bits per heavy atom. The van der Waals surface area contributed by atoms with Gasteiger partial charge in [-0.05, 0) is 12.1 Å². The Morgan fingerprint density at radius 3 is 2.61 bits per heavy atom. The monoisotopic (exact) mass is 430 g/mol. The van der Waals surface area contributed by atoms with Crippen molar-refractivity contribution in [2.45, 2.75) is 6.92 Å². The van der Waals surface area contributed by atoms with Gasteiger partial charge in [0, 0.05) is 31.5 Å². The molecule has 3 rings (SSSR count). The van der Waals surface area contributed by atoms with Gasteiger partial charge < -0.3 is 26.4 Å². The second kappa shape index (κ2) is 9.20. The van der Waals surface area contributed by atoms with Crippen molar-refractivity contribution >= 4 is 39.9 Å². The first-order valence-corrected chi connectivity index (χ1v) is 9.19. The van der Waals surface area contributed by atoms with E-state index in [1.165, 1.54) is 20.3 Å². The zero-order valence-electron chi connectivity index (χ0n) is 16.8. The first-order valence-electron chi connectivity index (χ1n) is 9.19. The maximum absolute atomic E-state index is 14.3. The first-order chi connectivity index (χ1) is 14.8. The van der Waals surface area contributed by atoms with Crippen molar-refractivity contribution in [2.24, 2.45) is 0 Å². The fraction of sp³-hybridized carbons (Fsp3) is 0.200. The minimum Gasteiger partial charge on any atom is -0.490 e. The van der Waals surface area contributed by atoms with Crippen molar-refractivity contribution in [3.05, 3.63) is 47.8 Å². The number of carbonyl (C=O) groups excluding carboxylic acids is 2. The molecule has 0 aliphatic carbocycles. The molecule has 162 valence electrons. The zero-order valence-corrected chi connectivity index (χ0v) is 16.8. The van der Waals surface area contributed by atoms with Gasteiger partial charge in [0.1, 0.15) is 36.1 Å². The Labute approximate surface area is 176 Å². The Kier molecular flexibility index (Phi) is 6.43. The second-order valence-electron chi connectivity index (χ2n) is 6.48. The fourth-order valence-corrected chi connectivity index (χ4v) is 2.79. The number of rotatable bonds is 7. The van der Waals surface area contributed by atoms with Gasteiger partial charge in [-0.2, -0.15) is 0 Å². The Morgan fingerprint density at radius 2 is 1.90 bits per heavy atom. The number of nitrogen functional groups attached to an aromatic ring is 1. The highest BCUT2D eigenvalue weighted by Crippen LogP contribution is 2.32. The summed E-state index contributed by atoms with van der Waals surface area (Å²) in [5.74, 6) is -2.19. The van der Waals surface area contributed by atoms with E-state index in [2.05, 4.69) is 25.9 Å². The molecular weight excluding hydrogens is 410 g/mol. The number of aromatic nitrogens is 2. The standard InChI is InChI=1S/C20H20F2N6O3/c1-10(29)25-3-4-31-18-8-16-12(5-15(18)23)19(27-9-26-16)28-17-6-11(20(30)24-2)13(21)7-14(17)22/h5-9H,3-4,23H2,1-2H3,(H,24,30)(H,25,29)(H,26,27,28). The minimum absolute atomic E-state index is 0.144. The molecule has 0 saturated carbocycles. The maximum atomic E-state index is 14.3. The van der Waals surface area contributed by atoms with E-state index >= 15 is 0 Å². The van der Waals surface area contributed by atoms with Gasteiger partial charge in [0.05, 0.1) is 29.0 Å². The average molecular weight is 430 g/mol. The fourth-order valence-electron chi connectivity index (χ4n) is 2.79. The molecular formula is C20H20F2N6O3. The summed E-state index contributed by atoms with van der Waals surface area (Å²) < 4.78 is 33.8. The molecule has 0 unspecified atom stereocenters. The lowest BCUT2D eigenvalue weighted by Crippen LogP contribution is -2.25. The van der Waals surface area contributed by atoms with Crippen LogP contribution in [0.4, 0.5) is 26.0 Å². The highest BCUT2D eigenvalue weighted by Gasteiger charge is 2.17. The van der Waals surface area contributed by atoms with Crippen molar-refractivity contribution in [2.75, 3.05) is 31.2 Å². The Bertz CT molecular complexity index is 1160. The summed E-state index contributed by atoms with van der Waals surface area (Å²) in [6, 6.07) is 4.81. The molecule has 0 atom stereocenters. The van der Waals surface area contributed by atoms with E-state index in [4.69, 9.17) is 10.5 Å². The summed E-state index contributed by atoms with van der Waals surface area (Å²) in [6.45, 7) is 1.91. The summed E-state index contributed by atoms with van der Waals surface area (Å²) in [5, 5.41) is 8.11. The van der Waals surface area contributed by atoms with Gasteiger partial charge in [0.25, 0.3) is 5.91 Å². The van der Waals surface area contributed by atoms with Crippen LogP contribution in [0.15, 0.2) is 30.6 Å². The SMILES string of the molecule is CNC(=O)c1cc(Nc2ncnc3cc(OCCNC(C)=O)c(N)cc23)c(F)cc1F. The third-order valence-corrected chi connectivity index (χ3v) is 4.28. The van der Waals surface area contributed by atoms with Crippen LogP contribution in [0.3, 0.4) is 0 Å². The number of fused-ring (bicyclic) bond motifs is 1. The molecule has 0 spiro atoms. The molecule has 5 N–H and O–H groups in total. The van der Waals surface area contributed by atoms with Gasteiger partial charge in [0.15, 0.2) is 0 Å². The highest BCUT2D eigenvalue weighted by molar-refractivity contribution is 5.97. The molecule has 0 saturated heterocycles. The Hall–Kier alpha value is -4.02. The number of nitrogens with one attached hydrogen (secondary N) is 3. The number of amides is 2. The van der Waals surface area contributed by atoms with Crippen molar-refractivity contribution in [3.63, 3.8) is 0 Å². The number of carbonyl (C=O) groups is 2. The van der Waals surface area contributed by atoms with Gasteiger partial charge in [-0.1, -0.05) is 0 Å². The zero-order chi connectivity index (χ0) is 22.5. The van der Waals surface area contributed by atoms with Gasteiger partial charge in [0.2, 0.25) is 5.91 Å². The smallest absolute Gasteiger partial charge is 0.254 e. The van der Waals surface area contributed by atoms with Crippen molar-refractivity contribution in [1.82, 2.24) is 20.6 Å². The molecule has 2 amide bonds. The number of benzene rings is 2. The van der Waals surface area contributed by atoms with Gasteiger partial charge in [-0.15, -0.1) is 0 Å². The molecule has 0 fully saturated rings. The molecule has 1 heterocycles. The van der Waals surface area contributed by atoms with E-state index in [0.717, 1.165) is 6.07 Å². The topological polar surface area (TPSA) is 131 Å². The van der Waals surface area contributed by atoms with Crippen LogP contribution in [0.25, 0.3) is 10.9 Å². The number of halogens is 2. The van der Waals surface area contributed by atoms with E-state index in [0.29, 0.717) is 29.3 Å². The quantitative estimate of drug-likeness (QED) is 0.333. The predicted molar refractivity (Wildman–Crippen MR) is 111 cm³/mol. The summed E-state index contributed by atoms with van der Waals surface area (Å²) in [6.07, 6.45) is 1.25. The summed E-state index contributed by atoms with van der Waals surface area (Å²) in [7, 11) is 1.34. The summed E-state index contributed by atoms with van der Waals surface area (Å²) >= 11 is 0. The van der Waals surface area contributed by atoms with Crippen molar-refractivity contribution in [3.8, 4) is 5.75 Å². The number of anilines is 3. The van der Waals surface area contributed by atoms with E-state index < -0.39 is 17.5 Å². The average Bonchev–Trinajstić information content (AvgIpc) is 2.73. The van der Waals surface area contributed by atoms with E-state index in [1.54, 1.807) is 12.1 Å². The van der Waals surface area contributed by atoms with Gasteiger partial charge in [-0.25, -0.2) is 18.7 Å². The van der Waals surface area contributed by atoms with Crippen LogP contribution in [0.5, 0.6) is 5.75 Å². The lowest BCUT2D eigenvalue weighted by atomic mass is 10.1. The predicted octanol–water partition coefficient (Wildman–Crippen LogP) is 2.11. The van der Waals surface area contributed by atoms with Crippen LogP contribution in [0.2, 0.25) is 0 Å². The largest absolute Gasteiger partial charge is 0.490 e. The van der Waals surface area contributed by atoms with Crippen LogP contribution >= 0.6 is 0 Å². The molecule has 11 heteroatoms. The molecule has 3 aromatic rings. The normalized spacial score (nSPS) is 10.6. The van der Waals surface area contributed by atoms with Crippen molar-refractivity contribution < 1.29 is 23.1 Å². The van der Waals surface area contributed by atoms with Gasteiger partial charge in [-0.3, -0.25) is 9.59 Å². The van der Waals surface area contributed by atoms with Gasteiger partial charge >= 0.3 is 0 Å². The molecule has 0 aliphatic rings. The number of nitrogens with two attached hydrogens (primary N) is 1. The van der Waals surface area contributed by atoms with Crippen LogP contribution in [-0.2, 0) is 4.79 Å². The number of nitrogens with zero attached hydrogens (tertiary/aromatic N) is 2. The van der Waals surface area contributed by atoms with Crippen LogP contribution in [-0.4, -0.2) is 42.0 Å². The molecule has 0 bridgehead atoms. The van der Waals surface area contributed by atoms with Crippen LogP contribution < -0.4 is 26.4 Å². The van der Waals surface area contributed by atoms with Crippen LogP contribution in [0, 0.1) is 11.6 Å². The molecule has 2 aromatic carbocycles. The molecule has 0 aliphatic heterocycles. The summed E-state index contributed by atoms with van der Waals surface area (Å²) in [4.78, 5) is 31.0. The van der Waals surface area contributed by atoms with E-state index in [-0.39, 0.29) is 35.3 Å². The molecule has 9 nitrogen and oxygen atoms in total. The van der Waals surface area contributed by atoms with E-state index in [1.807, 2.05) is 0 Å². The molecule has 0 radical (unpaired) electrons. The number of hydrogen-bond acceptors (Lipinski definition) is 7. The Balaban J connectivity index is 1.91. The summed E-state index contributed by atoms with van der Waals surface area (Å²) in [5.41, 5.74) is 6.32. The highest BCUT2D eigenvalue weighted by atomic mass is 19.1. The third kappa shape index (κ3) is 4.94. The lowest BCUT2D eigenvalue weighted by molar-refractivity contribution is -0.119. The number of hydrogen-bond donors (Lipinski definition) is 4. The van der Waals surface area contributed by atoms with E-state index in [9.17, 15) is 18.4 Å². The third-order valence-electron chi connectivity index (χ3n) is 4.28. The van der Waals surface area contributed by atoms with Crippen molar-refractivity contribution in [1.29, 1.82) is 0 Å². The maximum Gasteiger partial charge on any atom is 0.254 e. The first kappa shape index (κ1) is 21.7. The van der Waals surface area contributed by atoms with Crippen LogP contribution in [0.1, 0.15) is 17.3 Å². The lowest BCUT2D eigenvalue weighted by Gasteiger charge is -2.14. The second-order valence-corrected chi connectivity index (χ2v) is 6.48. The molecule has 31 heavy (non-hydrogen) atoms. The minimum atomic E-state index is -0.986.